The molecule has 0 unspecified atom stereocenters. The number of hydrazone groups is 1. The summed E-state index contributed by atoms with van der Waals surface area (Å²) in [6, 6.07) is 13.9. The minimum absolute atomic E-state index is 0.267. The monoisotopic (exact) mass is 577 g/mol. The van der Waals surface area contributed by atoms with Crippen LogP contribution in [0, 0.1) is 0 Å². The molecule has 10 heteroatoms. The number of nitrogens with zero attached hydrogens (tertiary/aromatic N) is 1. The Balaban J connectivity index is 1.33. The van der Waals surface area contributed by atoms with E-state index in [4.69, 9.17) is 14.2 Å². The maximum Gasteiger partial charge on any atom is 0.341 e. The Morgan fingerprint density at radius 1 is 1.05 bits per heavy atom. The predicted molar refractivity (Wildman–Crippen MR) is 159 cm³/mol. The topological polar surface area (TPSA) is 115 Å². The van der Waals surface area contributed by atoms with Crippen LogP contribution in [0.4, 0.5) is 5.00 Å². The predicted octanol–water partition coefficient (Wildman–Crippen LogP) is 5.76. The Morgan fingerprint density at radius 2 is 1.83 bits per heavy atom. The number of carbonyl (C=O) groups excluding carboxylic acids is 3. The van der Waals surface area contributed by atoms with Crippen molar-refractivity contribution in [1.29, 1.82) is 0 Å². The van der Waals surface area contributed by atoms with Crippen molar-refractivity contribution in [2.45, 2.75) is 59.0 Å². The normalized spacial score (nSPS) is 13.2. The fourth-order valence-corrected chi connectivity index (χ4v) is 5.63. The van der Waals surface area contributed by atoms with Crippen molar-refractivity contribution in [3.8, 4) is 11.5 Å². The van der Waals surface area contributed by atoms with Gasteiger partial charge in [-0.25, -0.2) is 10.2 Å². The van der Waals surface area contributed by atoms with Crippen LogP contribution in [0.3, 0.4) is 0 Å². The van der Waals surface area contributed by atoms with E-state index in [1.54, 1.807) is 38.1 Å². The molecular weight excluding hydrogens is 542 g/mol. The summed E-state index contributed by atoms with van der Waals surface area (Å²) in [5, 5.41) is 7.43. The van der Waals surface area contributed by atoms with Crippen LogP contribution < -0.4 is 20.2 Å². The molecule has 2 N–H and O–H groups in total. The van der Waals surface area contributed by atoms with Gasteiger partial charge in [-0.2, -0.15) is 5.10 Å². The number of nitrogens with one attached hydrogen (secondary N) is 2. The van der Waals surface area contributed by atoms with Crippen molar-refractivity contribution >= 4 is 40.3 Å². The highest BCUT2D eigenvalue weighted by Gasteiger charge is 2.27. The van der Waals surface area contributed by atoms with Crippen LogP contribution in [0.25, 0.3) is 0 Å². The molecule has 0 saturated carbocycles. The molecular formula is C31H35N3O6S. The molecule has 3 aromatic rings. The molecule has 2 amide bonds. The van der Waals surface area contributed by atoms with E-state index < -0.39 is 18.0 Å². The molecule has 9 nitrogen and oxygen atoms in total. The number of benzene rings is 2. The van der Waals surface area contributed by atoms with Crippen LogP contribution in [0.15, 0.2) is 53.6 Å². The lowest BCUT2D eigenvalue weighted by atomic mass is 9.95. The Morgan fingerprint density at radius 3 is 2.59 bits per heavy atom. The number of ether oxygens (including phenoxy) is 3. The first-order valence-corrected chi connectivity index (χ1v) is 14.7. The van der Waals surface area contributed by atoms with Gasteiger partial charge in [0.05, 0.1) is 25.0 Å². The summed E-state index contributed by atoms with van der Waals surface area (Å²) >= 11 is 1.44. The van der Waals surface area contributed by atoms with Crippen LogP contribution >= 0.6 is 11.3 Å². The highest BCUT2D eigenvalue weighted by Crippen LogP contribution is 2.38. The minimum atomic E-state index is -0.823. The van der Waals surface area contributed by atoms with E-state index in [9.17, 15) is 14.4 Å². The van der Waals surface area contributed by atoms with Gasteiger partial charge in [-0.05, 0) is 93.5 Å². The van der Waals surface area contributed by atoms with Gasteiger partial charge >= 0.3 is 5.97 Å². The second-order valence-electron chi connectivity index (χ2n) is 9.53. The smallest absolute Gasteiger partial charge is 0.341 e. The van der Waals surface area contributed by atoms with Gasteiger partial charge in [-0.1, -0.05) is 19.1 Å². The van der Waals surface area contributed by atoms with E-state index in [0.717, 1.165) is 53.9 Å². The lowest BCUT2D eigenvalue weighted by molar-refractivity contribution is -0.127. The Kier molecular flexibility index (Phi) is 10.5. The van der Waals surface area contributed by atoms with Crippen LogP contribution in [-0.4, -0.2) is 43.3 Å². The second-order valence-corrected chi connectivity index (χ2v) is 10.6. The molecule has 1 atom stereocenters. The number of amides is 2. The van der Waals surface area contributed by atoms with Crippen molar-refractivity contribution in [3.05, 3.63) is 75.7 Å². The molecule has 216 valence electrons. The fourth-order valence-electron chi connectivity index (χ4n) is 4.36. The van der Waals surface area contributed by atoms with E-state index in [2.05, 4.69) is 15.8 Å². The summed E-state index contributed by atoms with van der Waals surface area (Å²) in [7, 11) is 0. The first kappa shape index (κ1) is 29.8. The molecule has 0 bridgehead atoms. The molecule has 2 aromatic carbocycles. The largest absolute Gasteiger partial charge is 0.494 e. The number of thiophene rings is 1. The zero-order valence-electron chi connectivity index (χ0n) is 23.5. The minimum Gasteiger partial charge on any atom is -0.494 e. The Labute approximate surface area is 243 Å². The van der Waals surface area contributed by atoms with Gasteiger partial charge in [0.25, 0.3) is 11.8 Å². The van der Waals surface area contributed by atoms with Crippen LogP contribution in [-0.2, 0) is 22.4 Å². The molecule has 41 heavy (non-hydrogen) atoms. The molecule has 0 fully saturated rings. The third-order valence-corrected chi connectivity index (χ3v) is 7.60. The number of aryl methyl sites for hydroxylation is 1. The summed E-state index contributed by atoms with van der Waals surface area (Å²) in [6.07, 6.45) is 5.40. The van der Waals surface area contributed by atoms with E-state index in [0.29, 0.717) is 28.5 Å². The molecule has 0 saturated heterocycles. The molecule has 1 aliphatic rings. The van der Waals surface area contributed by atoms with Crippen LogP contribution in [0.1, 0.15) is 76.8 Å². The summed E-state index contributed by atoms with van der Waals surface area (Å²) in [4.78, 5) is 39.3. The Hall–Kier alpha value is -4.18. The van der Waals surface area contributed by atoms with Crippen molar-refractivity contribution < 1.29 is 28.6 Å². The molecule has 1 aliphatic carbocycles. The van der Waals surface area contributed by atoms with E-state index in [1.165, 1.54) is 17.6 Å². The van der Waals surface area contributed by atoms with Crippen molar-refractivity contribution in [3.63, 3.8) is 0 Å². The zero-order chi connectivity index (χ0) is 29.2. The third kappa shape index (κ3) is 7.94. The van der Waals surface area contributed by atoms with Gasteiger partial charge in [-0.15, -0.1) is 11.3 Å². The number of rotatable bonds is 12. The first-order chi connectivity index (χ1) is 19.9. The summed E-state index contributed by atoms with van der Waals surface area (Å²) in [6.45, 7) is 6.31. The van der Waals surface area contributed by atoms with Gasteiger partial charge < -0.3 is 19.5 Å². The van der Waals surface area contributed by atoms with Crippen LogP contribution in [0.5, 0.6) is 11.5 Å². The van der Waals surface area contributed by atoms with E-state index in [1.807, 2.05) is 31.2 Å². The van der Waals surface area contributed by atoms with E-state index in [-0.39, 0.29) is 12.5 Å². The number of anilines is 1. The third-order valence-electron chi connectivity index (χ3n) is 6.40. The summed E-state index contributed by atoms with van der Waals surface area (Å²) < 4.78 is 16.6. The Bertz CT molecular complexity index is 1400. The van der Waals surface area contributed by atoms with E-state index >= 15 is 0 Å². The summed E-state index contributed by atoms with van der Waals surface area (Å²) in [5.41, 5.74) is 5.13. The number of hydrogen-bond donors (Lipinski definition) is 2. The lowest BCUT2D eigenvalue weighted by Gasteiger charge is -2.13. The molecule has 1 heterocycles. The maximum atomic E-state index is 13.0. The molecule has 0 aliphatic heterocycles. The standard InChI is InChI=1S/C31H35N3O6S/c1-4-17-39-24-10-8-9-21(18-24)19-32-34-28(35)20(3)40-23-15-13-22(14-16-23)29(36)33-30-27(31(37)38-5-2)25-11-6-7-12-26(25)41-30/h8-10,13-16,18-20H,4-7,11-12,17H2,1-3H3,(H,33,36)(H,34,35)/b32-19-/t20-/m0/s1. The molecule has 0 radical (unpaired) electrons. The van der Waals surface area contributed by atoms with Gasteiger partial charge in [-0.3, -0.25) is 9.59 Å². The highest BCUT2D eigenvalue weighted by molar-refractivity contribution is 7.17. The van der Waals surface area contributed by atoms with Crippen molar-refractivity contribution in [2.24, 2.45) is 5.10 Å². The quantitative estimate of drug-likeness (QED) is 0.161. The average Bonchev–Trinajstić information content (AvgIpc) is 3.34. The average molecular weight is 578 g/mol. The number of carbonyl (C=O) groups is 3. The van der Waals surface area contributed by atoms with Crippen molar-refractivity contribution in [2.75, 3.05) is 18.5 Å². The van der Waals surface area contributed by atoms with Gasteiger partial charge in [0.15, 0.2) is 6.10 Å². The lowest BCUT2D eigenvalue weighted by Crippen LogP contribution is -2.33. The highest BCUT2D eigenvalue weighted by atomic mass is 32.1. The van der Waals surface area contributed by atoms with Crippen molar-refractivity contribution in [1.82, 2.24) is 5.43 Å². The molecule has 1 aromatic heterocycles. The van der Waals surface area contributed by atoms with Gasteiger partial charge in [0.2, 0.25) is 0 Å². The zero-order valence-corrected chi connectivity index (χ0v) is 24.3. The maximum absolute atomic E-state index is 13.0. The SMILES string of the molecule is CCCOc1cccc(/C=N\NC(=O)[C@H](C)Oc2ccc(C(=O)Nc3sc4c(c3C(=O)OCC)CCCC4)cc2)c1. The first-order valence-electron chi connectivity index (χ1n) is 13.8. The number of fused-ring (bicyclic) bond motifs is 1. The fraction of sp³-hybridized carbons (Fsp3) is 0.355. The van der Waals surface area contributed by atoms with Crippen LogP contribution in [0.2, 0.25) is 0 Å². The second kappa shape index (κ2) is 14.5. The van der Waals surface area contributed by atoms with Gasteiger partial charge in [0, 0.05) is 10.4 Å². The molecule has 4 rings (SSSR count). The summed E-state index contributed by atoms with van der Waals surface area (Å²) in [5.74, 6) is -0.00526. The number of hydrogen-bond acceptors (Lipinski definition) is 8. The van der Waals surface area contributed by atoms with Gasteiger partial charge in [0.1, 0.15) is 16.5 Å². The molecule has 0 spiro atoms. The number of esters is 1.